The Morgan fingerprint density at radius 2 is 2.09 bits per heavy atom. The Hall–Kier alpha value is -4.44. The number of carbonyl (C=O) groups excluding carboxylic acids is 1. The third kappa shape index (κ3) is 4.64. The predicted octanol–water partition coefficient (Wildman–Crippen LogP) is 4.05. The fourth-order valence-corrected chi connectivity index (χ4v) is 3.73. The van der Waals surface area contributed by atoms with E-state index in [1.165, 1.54) is 58.2 Å². The first-order valence-electron chi connectivity index (χ1n) is 9.99. The van der Waals surface area contributed by atoms with Crippen LogP contribution in [0.1, 0.15) is 40.5 Å². The Morgan fingerprint density at radius 3 is 2.77 bits per heavy atom. The van der Waals surface area contributed by atoms with Crippen molar-refractivity contribution in [3.63, 3.8) is 0 Å². The summed E-state index contributed by atoms with van der Waals surface area (Å²) in [6, 6.07) is 9.96. The number of ether oxygens (including phenoxy) is 1. The molecule has 0 saturated heterocycles. The number of pyridine rings is 1. The van der Waals surface area contributed by atoms with Crippen LogP contribution < -0.4 is 4.74 Å². The molecule has 4 rings (SSSR count). The van der Waals surface area contributed by atoms with Crippen molar-refractivity contribution in [2.24, 2.45) is 7.05 Å². The first-order valence-corrected chi connectivity index (χ1v) is 10.8. The monoisotopic (exact) mass is 539 g/mol. The molecular weight excluding hydrogens is 525 g/mol. The molecule has 1 atom stereocenters. The number of hydrogen-bond donors (Lipinski definition) is 0. The van der Waals surface area contributed by atoms with E-state index in [0.29, 0.717) is 10.2 Å². The van der Waals surface area contributed by atoms with Crippen molar-refractivity contribution < 1.29 is 18.8 Å². The molecule has 0 N–H and O–H groups in total. The van der Waals surface area contributed by atoms with Gasteiger partial charge in [-0.1, -0.05) is 0 Å². The van der Waals surface area contributed by atoms with Crippen LogP contribution in [0.5, 0.6) is 5.75 Å². The van der Waals surface area contributed by atoms with Crippen LogP contribution >= 0.6 is 15.9 Å². The second-order valence-electron chi connectivity index (χ2n) is 7.30. The lowest BCUT2D eigenvalue weighted by molar-refractivity contribution is -0.390. The van der Waals surface area contributed by atoms with E-state index in [0.717, 1.165) is 0 Å². The van der Waals surface area contributed by atoms with Crippen LogP contribution in [-0.2, 0) is 7.05 Å². The summed E-state index contributed by atoms with van der Waals surface area (Å²) in [5, 5.41) is 28.8. The zero-order valence-corrected chi connectivity index (χ0v) is 19.8. The molecule has 13 heteroatoms. The molecular formula is C22H15BrFN7O4. The molecule has 0 aliphatic rings. The van der Waals surface area contributed by atoms with E-state index in [4.69, 9.17) is 10.00 Å². The van der Waals surface area contributed by atoms with Crippen LogP contribution in [0.15, 0.2) is 53.3 Å². The Kier molecular flexibility index (Phi) is 6.39. The van der Waals surface area contributed by atoms with Crippen molar-refractivity contribution in [3.8, 4) is 17.5 Å². The van der Waals surface area contributed by atoms with Gasteiger partial charge in [0.15, 0.2) is 6.20 Å². The van der Waals surface area contributed by atoms with Crippen molar-refractivity contribution in [2.45, 2.75) is 13.0 Å². The van der Waals surface area contributed by atoms with E-state index in [-0.39, 0.29) is 28.4 Å². The molecule has 11 nitrogen and oxygen atoms in total. The predicted molar refractivity (Wildman–Crippen MR) is 123 cm³/mol. The van der Waals surface area contributed by atoms with Gasteiger partial charge in [-0.15, -0.1) is 0 Å². The van der Waals surface area contributed by atoms with Crippen LogP contribution in [-0.4, -0.2) is 35.3 Å². The van der Waals surface area contributed by atoms with Gasteiger partial charge in [-0.2, -0.15) is 15.5 Å². The summed E-state index contributed by atoms with van der Waals surface area (Å²) in [4.78, 5) is 27.6. The normalized spacial score (nSPS) is 11.6. The van der Waals surface area contributed by atoms with Crippen molar-refractivity contribution in [1.29, 1.82) is 5.26 Å². The summed E-state index contributed by atoms with van der Waals surface area (Å²) in [5.74, 6) is -1.71. The van der Waals surface area contributed by atoms with Crippen molar-refractivity contribution >= 4 is 27.5 Å². The molecule has 0 bridgehead atoms. The summed E-state index contributed by atoms with van der Waals surface area (Å²) in [6.07, 6.45) is 1.76. The number of ketones is 1. The lowest BCUT2D eigenvalue weighted by atomic mass is 10.1. The van der Waals surface area contributed by atoms with Crippen LogP contribution in [0.25, 0.3) is 5.69 Å². The van der Waals surface area contributed by atoms with Crippen LogP contribution in [0.2, 0.25) is 0 Å². The van der Waals surface area contributed by atoms with Crippen molar-refractivity contribution in [2.75, 3.05) is 0 Å². The SMILES string of the molecule is CC(Oc1cc(Br)cnc1[N+](=O)[O-])c1cc(F)ccc1-n1nccc1C(=O)c1cc(C#N)n(C)n1. The third-order valence-corrected chi connectivity index (χ3v) is 5.47. The zero-order chi connectivity index (χ0) is 25.3. The van der Waals surface area contributed by atoms with Gasteiger partial charge in [-0.3, -0.25) is 9.48 Å². The van der Waals surface area contributed by atoms with Gasteiger partial charge in [-0.25, -0.2) is 9.07 Å². The fraction of sp³-hybridized carbons (Fsp3) is 0.136. The standard InChI is InChI=1S/C22H15BrFN7O4/c1-12(35-20-7-13(23)11-26-22(20)31(33)34)16-8-14(24)3-4-18(16)30-19(5-6-27-30)21(32)17-9-15(10-25)29(2)28-17/h3-9,11-12H,1-2H3. The quantitative estimate of drug-likeness (QED) is 0.194. The van der Waals surface area contributed by atoms with Crippen LogP contribution in [0.4, 0.5) is 10.2 Å². The van der Waals surface area contributed by atoms with E-state index in [2.05, 4.69) is 31.1 Å². The average molecular weight is 540 g/mol. The minimum absolute atomic E-state index is 0.0367. The molecule has 35 heavy (non-hydrogen) atoms. The van der Waals surface area contributed by atoms with Gasteiger partial charge in [-0.05, 0) is 57.0 Å². The summed E-state index contributed by atoms with van der Waals surface area (Å²) >= 11 is 3.20. The molecule has 0 spiro atoms. The van der Waals surface area contributed by atoms with E-state index < -0.39 is 28.4 Å². The van der Waals surface area contributed by atoms with Crippen molar-refractivity contribution in [1.82, 2.24) is 24.5 Å². The maximum absolute atomic E-state index is 14.2. The number of rotatable bonds is 7. The Bertz CT molecular complexity index is 1510. The van der Waals surface area contributed by atoms with Gasteiger partial charge < -0.3 is 14.9 Å². The van der Waals surface area contributed by atoms with E-state index in [1.807, 2.05) is 6.07 Å². The van der Waals surface area contributed by atoms with E-state index >= 15 is 0 Å². The van der Waals surface area contributed by atoms with Gasteiger partial charge in [0.25, 0.3) is 0 Å². The van der Waals surface area contributed by atoms with E-state index in [1.54, 1.807) is 14.0 Å². The van der Waals surface area contributed by atoms with E-state index in [9.17, 15) is 19.3 Å². The van der Waals surface area contributed by atoms with Gasteiger partial charge in [0.2, 0.25) is 11.5 Å². The maximum Gasteiger partial charge on any atom is 0.406 e. The molecule has 0 saturated carbocycles. The molecule has 0 aliphatic heterocycles. The minimum Gasteiger partial charge on any atom is -0.478 e. The largest absolute Gasteiger partial charge is 0.478 e. The molecule has 0 radical (unpaired) electrons. The lowest BCUT2D eigenvalue weighted by Gasteiger charge is -2.19. The zero-order valence-electron chi connectivity index (χ0n) is 18.2. The number of nitrogens with zero attached hydrogens (tertiary/aromatic N) is 7. The molecule has 4 aromatic rings. The Balaban J connectivity index is 1.75. The Morgan fingerprint density at radius 1 is 1.31 bits per heavy atom. The fourth-order valence-electron chi connectivity index (χ4n) is 3.42. The number of nitriles is 1. The van der Waals surface area contributed by atoms with Gasteiger partial charge >= 0.3 is 5.82 Å². The molecule has 1 aromatic carbocycles. The molecule has 0 aliphatic carbocycles. The highest BCUT2D eigenvalue weighted by Crippen LogP contribution is 2.33. The topological polar surface area (TPSA) is 142 Å². The summed E-state index contributed by atoms with van der Waals surface area (Å²) in [7, 11) is 1.54. The molecule has 1 unspecified atom stereocenters. The number of aryl methyl sites for hydroxylation is 1. The smallest absolute Gasteiger partial charge is 0.406 e. The van der Waals surface area contributed by atoms with Crippen LogP contribution in [0, 0.1) is 27.3 Å². The molecule has 176 valence electrons. The summed E-state index contributed by atoms with van der Waals surface area (Å²) in [5.41, 5.74) is 0.940. The summed E-state index contributed by atoms with van der Waals surface area (Å²) in [6.45, 7) is 1.58. The van der Waals surface area contributed by atoms with Crippen LogP contribution in [0.3, 0.4) is 0 Å². The number of carbonyl (C=O) groups is 1. The highest BCUT2D eigenvalue weighted by Gasteiger charge is 2.25. The second-order valence-corrected chi connectivity index (χ2v) is 8.22. The highest BCUT2D eigenvalue weighted by atomic mass is 79.9. The molecule has 0 fully saturated rings. The number of nitro groups is 1. The number of aromatic nitrogens is 5. The average Bonchev–Trinajstić information content (AvgIpc) is 3.45. The van der Waals surface area contributed by atoms with Crippen molar-refractivity contribution in [3.05, 3.63) is 91.8 Å². The number of halogens is 2. The first-order chi connectivity index (χ1) is 16.7. The van der Waals surface area contributed by atoms with Gasteiger partial charge in [0.05, 0.1) is 16.4 Å². The lowest BCUT2D eigenvalue weighted by Crippen LogP contribution is -2.15. The first kappa shape index (κ1) is 23.7. The molecule has 3 aromatic heterocycles. The number of hydrogen-bond acceptors (Lipinski definition) is 8. The number of benzene rings is 1. The maximum atomic E-state index is 14.2. The Labute approximate surface area is 205 Å². The molecule has 3 heterocycles. The minimum atomic E-state index is -0.900. The third-order valence-electron chi connectivity index (χ3n) is 5.03. The summed E-state index contributed by atoms with van der Waals surface area (Å²) < 4.78 is 23.1. The molecule has 0 amide bonds. The van der Waals surface area contributed by atoms with Gasteiger partial charge in [0.1, 0.15) is 35.1 Å². The second kappa shape index (κ2) is 9.43. The highest BCUT2D eigenvalue weighted by molar-refractivity contribution is 9.10. The van der Waals surface area contributed by atoms with Gasteiger partial charge in [0, 0.05) is 24.7 Å².